The van der Waals surface area contributed by atoms with Crippen molar-refractivity contribution < 1.29 is 27.2 Å². The van der Waals surface area contributed by atoms with Crippen LogP contribution < -0.4 is 15.5 Å². The Hall–Kier alpha value is -4.66. The van der Waals surface area contributed by atoms with Crippen LogP contribution in [0.3, 0.4) is 0 Å². The van der Waals surface area contributed by atoms with Gasteiger partial charge in [-0.1, -0.05) is 61.4 Å². The number of para-hydroxylation sites is 1. The molecule has 4 aromatic carbocycles. The number of aryl methyl sites for hydroxylation is 2. The molecular formula is C37H35F4N3O2. The van der Waals surface area contributed by atoms with E-state index in [-0.39, 0.29) is 23.2 Å². The van der Waals surface area contributed by atoms with E-state index in [1.165, 1.54) is 48.9 Å². The molecule has 0 aromatic heterocycles. The van der Waals surface area contributed by atoms with Crippen molar-refractivity contribution in [1.29, 1.82) is 0 Å². The van der Waals surface area contributed by atoms with Gasteiger partial charge in [0.05, 0.1) is 23.1 Å². The molecule has 0 saturated heterocycles. The minimum atomic E-state index is -4.59. The summed E-state index contributed by atoms with van der Waals surface area (Å²) >= 11 is 0. The number of halogens is 4. The first-order chi connectivity index (χ1) is 22.0. The number of amides is 2. The Morgan fingerprint density at radius 3 is 2.22 bits per heavy atom. The number of carbonyl (C=O) groups excluding carboxylic acids is 2. The summed E-state index contributed by atoms with van der Waals surface area (Å²) in [5.74, 6) is -2.74. The normalized spacial score (nSPS) is 18.3. The minimum absolute atomic E-state index is 0.000491. The molecule has 0 spiro atoms. The van der Waals surface area contributed by atoms with Gasteiger partial charge in [0, 0.05) is 23.1 Å². The van der Waals surface area contributed by atoms with Crippen LogP contribution in [0.15, 0.2) is 84.9 Å². The van der Waals surface area contributed by atoms with Gasteiger partial charge >= 0.3 is 6.18 Å². The summed E-state index contributed by atoms with van der Waals surface area (Å²) in [7, 11) is 0. The topological polar surface area (TPSA) is 61.4 Å². The fraction of sp³-hybridized carbons (Fsp3) is 0.297. The van der Waals surface area contributed by atoms with Crippen LogP contribution >= 0.6 is 0 Å². The monoisotopic (exact) mass is 629 g/mol. The zero-order valence-corrected chi connectivity index (χ0v) is 25.6. The van der Waals surface area contributed by atoms with E-state index in [2.05, 4.69) is 10.6 Å². The molecular weight excluding hydrogens is 594 g/mol. The number of hydrogen-bond acceptors (Lipinski definition) is 3. The van der Waals surface area contributed by atoms with Crippen molar-refractivity contribution in [3.63, 3.8) is 0 Å². The molecule has 2 N–H and O–H groups in total. The minimum Gasteiger partial charge on any atom is -0.382 e. The zero-order valence-electron chi connectivity index (χ0n) is 25.6. The average Bonchev–Trinajstić information content (AvgIpc) is 3.54. The average molecular weight is 630 g/mol. The third kappa shape index (κ3) is 6.23. The first kappa shape index (κ1) is 31.3. The SMILES string of the molecule is Cc1ccc(NC(=O)C2Cc3ccccc3N(C(=O)c3c(C)cccc3F)C2c2ccc(NC3CCCC3)cc2)cc1C(F)(F)F. The van der Waals surface area contributed by atoms with E-state index in [0.29, 0.717) is 28.4 Å². The number of hydrogen-bond donors (Lipinski definition) is 2. The fourth-order valence-corrected chi connectivity index (χ4v) is 6.80. The van der Waals surface area contributed by atoms with Crippen molar-refractivity contribution >= 4 is 28.9 Å². The van der Waals surface area contributed by atoms with Gasteiger partial charge in [-0.3, -0.25) is 14.5 Å². The second-order valence-corrected chi connectivity index (χ2v) is 12.3. The number of rotatable bonds is 6. The molecule has 5 nitrogen and oxygen atoms in total. The third-order valence-electron chi connectivity index (χ3n) is 9.13. The van der Waals surface area contributed by atoms with Crippen molar-refractivity contribution in [3.8, 4) is 0 Å². The number of nitrogens with one attached hydrogen (secondary N) is 2. The molecule has 2 amide bonds. The van der Waals surface area contributed by atoms with Gasteiger partial charge in [-0.05, 0) is 91.8 Å². The molecule has 2 unspecified atom stereocenters. The van der Waals surface area contributed by atoms with Crippen molar-refractivity contribution in [2.75, 3.05) is 15.5 Å². The van der Waals surface area contributed by atoms with E-state index in [1.54, 1.807) is 31.2 Å². The Morgan fingerprint density at radius 2 is 1.52 bits per heavy atom. The summed E-state index contributed by atoms with van der Waals surface area (Å²) in [6.45, 7) is 3.02. The van der Waals surface area contributed by atoms with Gasteiger partial charge in [-0.2, -0.15) is 13.2 Å². The lowest BCUT2D eigenvalue weighted by Crippen LogP contribution is -2.47. The Kier molecular flexibility index (Phi) is 8.59. The number of alkyl halides is 3. The predicted molar refractivity (Wildman–Crippen MR) is 171 cm³/mol. The van der Waals surface area contributed by atoms with Crippen molar-refractivity contribution in [2.45, 2.75) is 64.2 Å². The molecule has 9 heteroatoms. The molecule has 2 aliphatic rings. The van der Waals surface area contributed by atoms with E-state index in [9.17, 15) is 22.8 Å². The van der Waals surface area contributed by atoms with Crippen LogP contribution in [0, 0.1) is 25.6 Å². The lowest BCUT2D eigenvalue weighted by atomic mass is 9.80. The number of nitrogens with zero attached hydrogens (tertiary/aromatic N) is 1. The van der Waals surface area contributed by atoms with Crippen LogP contribution in [0.25, 0.3) is 0 Å². The highest BCUT2D eigenvalue weighted by Crippen LogP contribution is 2.44. The van der Waals surface area contributed by atoms with Gasteiger partial charge in [0.2, 0.25) is 5.91 Å². The first-order valence-corrected chi connectivity index (χ1v) is 15.5. The van der Waals surface area contributed by atoms with Gasteiger partial charge in [-0.15, -0.1) is 0 Å². The van der Waals surface area contributed by atoms with Crippen LogP contribution in [0.5, 0.6) is 0 Å². The van der Waals surface area contributed by atoms with Gasteiger partial charge in [-0.25, -0.2) is 4.39 Å². The summed E-state index contributed by atoms with van der Waals surface area (Å²) in [6.07, 6.45) is 0.141. The maximum atomic E-state index is 15.3. The first-order valence-electron chi connectivity index (χ1n) is 15.5. The highest BCUT2D eigenvalue weighted by Gasteiger charge is 2.43. The Balaban J connectivity index is 1.44. The quantitative estimate of drug-likeness (QED) is 0.209. The summed E-state index contributed by atoms with van der Waals surface area (Å²) in [5, 5.41) is 6.25. The summed E-state index contributed by atoms with van der Waals surface area (Å²) in [6, 6.07) is 22.3. The van der Waals surface area contributed by atoms with Gasteiger partial charge in [0.15, 0.2) is 0 Å². The summed E-state index contributed by atoms with van der Waals surface area (Å²) in [4.78, 5) is 30.0. The van der Waals surface area contributed by atoms with Crippen molar-refractivity contribution in [2.24, 2.45) is 5.92 Å². The van der Waals surface area contributed by atoms with E-state index >= 15 is 4.39 Å². The van der Waals surface area contributed by atoms with E-state index < -0.39 is 41.3 Å². The van der Waals surface area contributed by atoms with Crippen LogP contribution in [0.2, 0.25) is 0 Å². The Morgan fingerprint density at radius 1 is 0.826 bits per heavy atom. The molecule has 46 heavy (non-hydrogen) atoms. The van der Waals surface area contributed by atoms with E-state index in [4.69, 9.17) is 0 Å². The largest absolute Gasteiger partial charge is 0.416 e. The smallest absolute Gasteiger partial charge is 0.382 e. The molecule has 238 valence electrons. The van der Waals surface area contributed by atoms with E-state index in [1.807, 2.05) is 30.3 Å². The maximum Gasteiger partial charge on any atom is 0.416 e. The molecule has 6 rings (SSSR count). The molecule has 1 aliphatic heterocycles. The summed E-state index contributed by atoms with van der Waals surface area (Å²) < 4.78 is 56.4. The van der Waals surface area contributed by atoms with Gasteiger partial charge < -0.3 is 10.6 Å². The second-order valence-electron chi connectivity index (χ2n) is 12.3. The predicted octanol–water partition coefficient (Wildman–Crippen LogP) is 9.01. The highest BCUT2D eigenvalue weighted by molar-refractivity contribution is 6.09. The fourth-order valence-electron chi connectivity index (χ4n) is 6.80. The zero-order chi connectivity index (χ0) is 32.6. The lowest BCUT2D eigenvalue weighted by molar-refractivity contribution is -0.138. The Labute approximate surface area is 265 Å². The second kappa shape index (κ2) is 12.6. The number of carbonyl (C=O) groups is 2. The van der Waals surface area contributed by atoms with Gasteiger partial charge in [0.25, 0.3) is 5.91 Å². The van der Waals surface area contributed by atoms with E-state index in [0.717, 1.165) is 24.6 Å². The maximum absolute atomic E-state index is 15.3. The molecule has 0 radical (unpaired) electrons. The molecule has 1 saturated carbocycles. The highest BCUT2D eigenvalue weighted by atomic mass is 19.4. The molecule has 0 bridgehead atoms. The summed E-state index contributed by atoms with van der Waals surface area (Å²) in [5.41, 5.74) is 2.35. The van der Waals surface area contributed by atoms with Crippen LogP contribution in [0.1, 0.15) is 69.9 Å². The lowest BCUT2D eigenvalue weighted by Gasteiger charge is -2.42. The molecule has 1 fully saturated rings. The van der Waals surface area contributed by atoms with Crippen LogP contribution in [0.4, 0.5) is 34.6 Å². The Bertz CT molecular complexity index is 1740. The number of fused-ring (bicyclic) bond motifs is 1. The molecule has 1 heterocycles. The van der Waals surface area contributed by atoms with Gasteiger partial charge in [0.1, 0.15) is 5.82 Å². The molecule has 2 atom stereocenters. The van der Waals surface area contributed by atoms with Crippen molar-refractivity contribution in [3.05, 3.63) is 124 Å². The standard InChI is InChI=1S/C37H35F4N3O2/c1-22-14-17-28(21-30(22)37(39,40)41)43-35(45)29-20-25-9-3-6-13-32(25)44(36(46)33-23(2)8-7-12-31(33)38)34(29)24-15-18-27(19-16-24)42-26-10-4-5-11-26/h3,6-9,12-19,21,26,29,34,42H,4-5,10-11,20H2,1-2H3,(H,43,45). The van der Waals surface area contributed by atoms with Crippen LogP contribution in [-0.2, 0) is 17.4 Å². The molecule has 4 aromatic rings. The van der Waals surface area contributed by atoms with Crippen LogP contribution in [-0.4, -0.2) is 17.9 Å². The number of benzene rings is 4. The van der Waals surface area contributed by atoms with Crippen molar-refractivity contribution in [1.82, 2.24) is 0 Å². The third-order valence-corrected chi connectivity index (χ3v) is 9.13. The molecule has 1 aliphatic carbocycles. The number of anilines is 3.